The maximum atomic E-state index is 12.8. The van der Waals surface area contributed by atoms with Crippen LogP contribution in [0.3, 0.4) is 0 Å². The molecule has 0 amide bonds. The van der Waals surface area contributed by atoms with Gasteiger partial charge < -0.3 is 14.9 Å². The Bertz CT molecular complexity index is 312. The lowest BCUT2D eigenvalue weighted by Crippen LogP contribution is -1.96. The number of hydrogen-bond acceptors (Lipinski definition) is 3. The van der Waals surface area contributed by atoms with Crippen molar-refractivity contribution in [2.45, 2.75) is 12.8 Å². The van der Waals surface area contributed by atoms with Crippen molar-refractivity contribution >= 4 is 0 Å². The summed E-state index contributed by atoms with van der Waals surface area (Å²) in [7, 11) is 1.41. The highest BCUT2D eigenvalue weighted by molar-refractivity contribution is 5.44. The lowest BCUT2D eigenvalue weighted by Gasteiger charge is -2.09. The Labute approximate surface area is 81.8 Å². The van der Waals surface area contributed by atoms with Gasteiger partial charge in [0.05, 0.1) is 7.11 Å². The molecular weight excluding hydrogens is 187 g/mol. The Morgan fingerprint density at radius 2 is 2.14 bits per heavy atom. The van der Waals surface area contributed by atoms with Crippen LogP contribution in [-0.4, -0.2) is 23.9 Å². The van der Waals surface area contributed by atoms with Crippen LogP contribution in [0.15, 0.2) is 12.1 Å². The topological polar surface area (TPSA) is 49.7 Å². The van der Waals surface area contributed by atoms with Crippen LogP contribution in [0.2, 0.25) is 0 Å². The predicted octanol–water partition coefficient (Wildman–Crippen LogP) is 1.46. The Morgan fingerprint density at radius 1 is 1.43 bits per heavy atom. The lowest BCUT2D eigenvalue weighted by atomic mass is 10.1. The predicted molar refractivity (Wildman–Crippen MR) is 50.0 cm³/mol. The number of phenols is 1. The smallest absolute Gasteiger partial charge is 0.130 e. The van der Waals surface area contributed by atoms with Gasteiger partial charge in [0.2, 0.25) is 0 Å². The number of methoxy groups -OCH3 is 1. The molecule has 0 atom stereocenters. The molecule has 0 unspecified atom stereocenters. The van der Waals surface area contributed by atoms with Gasteiger partial charge in [-0.1, -0.05) is 0 Å². The van der Waals surface area contributed by atoms with E-state index in [2.05, 4.69) is 0 Å². The summed E-state index contributed by atoms with van der Waals surface area (Å²) in [6.07, 6.45) is 0.974. The molecule has 0 heterocycles. The second-order valence-corrected chi connectivity index (χ2v) is 2.93. The maximum absolute atomic E-state index is 12.8. The molecule has 0 aliphatic heterocycles. The van der Waals surface area contributed by atoms with Crippen molar-refractivity contribution in [3.8, 4) is 11.5 Å². The molecule has 0 bridgehead atoms. The van der Waals surface area contributed by atoms with Gasteiger partial charge in [-0.15, -0.1) is 0 Å². The minimum atomic E-state index is -0.535. The summed E-state index contributed by atoms with van der Waals surface area (Å²) in [5.41, 5.74) is 0.531. The van der Waals surface area contributed by atoms with Crippen LogP contribution in [0.1, 0.15) is 12.0 Å². The van der Waals surface area contributed by atoms with Crippen molar-refractivity contribution in [3.05, 3.63) is 23.5 Å². The number of rotatable bonds is 4. The highest BCUT2D eigenvalue weighted by Gasteiger charge is 2.10. The van der Waals surface area contributed by atoms with Gasteiger partial charge in [0.25, 0.3) is 0 Å². The van der Waals surface area contributed by atoms with Gasteiger partial charge in [0.15, 0.2) is 0 Å². The number of hydrogen-bond donors (Lipinski definition) is 2. The Morgan fingerprint density at radius 3 is 2.71 bits per heavy atom. The largest absolute Gasteiger partial charge is 0.507 e. The van der Waals surface area contributed by atoms with E-state index in [1.165, 1.54) is 13.2 Å². The van der Waals surface area contributed by atoms with Crippen molar-refractivity contribution in [1.82, 2.24) is 0 Å². The van der Waals surface area contributed by atoms with Crippen LogP contribution in [0, 0.1) is 5.82 Å². The molecule has 0 saturated heterocycles. The van der Waals surface area contributed by atoms with Crippen molar-refractivity contribution in [1.29, 1.82) is 0 Å². The average molecular weight is 200 g/mol. The van der Waals surface area contributed by atoms with E-state index in [0.717, 1.165) is 6.07 Å². The first-order valence-electron chi connectivity index (χ1n) is 4.35. The van der Waals surface area contributed by atoms with Crippen LogP contribution in [0.4, 0.5) is 4.39 Å². The number of benzene rings is 1. The van der Waals surface area contributed by atoms with Gasteiger partial charge in [-0.05, 0) is 12.8 Å². The number of aliphatic hydroxyl groups is 1. The second-order valence-electron chi connectivity index (χ2n) is 2.93. The zero-order chi connectivity index (χ0) is 10.6. The third-order valence-corrected chi connectivity index (χ3v) is 1.96. The van der Waals surface area contributed by atoms with Crippen LogP contribution in [0.25, 0.3) is 0 Å². The first-order valence-corrected chi connectivity index (χ1v) is 4.35. The van der Waals surface area contributed by atoms with E-state index in [1.807, 2.05) is 0 Å². The number of ether oxygens (including phenoxy) is 1. The minimum Gasteiger partial charge on any atom is -0.507 e. The van der Waals surface area contributed by atoms with E-state index >= 15 is 0 Å². The third-order valence-electron chi connectivity index (χ3n) is 1.96. The van der Waals surface area contributed by atoms with Gasteiger partial charge in [0, 0.05) is 24.3 Å². The second kappa shape index (κ2) is 4.81. The van der Waals surface area contributed by atoms with Crippen LogP contribution >= 0.6 is 0 Å². The van der Waals surface area contributed by atoms with E-state index in [1.54, 1.807) is 0 Å². The zero-order valence-electron chi connectivity index (χ0n) is 7.96. The lowest BCUT2D eigenvalue weighted by molar-refractivity contribution is 0.287. The summed E-state index contributed by atoms with van der Waals surface area (Å²) in [5, 5.41) is 18.1. The molecule has 3 nitrogen and oxygen atoms in total. The SMILES string of the molecule is COc1cc(F)cc(O)c1CCCO. The fourth-order valence-corrected chi connectivity index (χ4v) is 1.29. The molecular formula is C10H13FO3. The maximum Gasteiger partial charge on any atom is 0.130 e. The van der Waals surface area contributed by atoms with E-state index in [-0.39, 0.29) is 12.4 Å². The Balaban J connectivity index is 2.99. The molecule has 4 heteroatoms. The van der Waals surface area contributed by atoms with E-state index in [4.69, 9.17) is 9.84 Å². The number of phenolic OH excluding ortho intramolecular Hbond substituents is 1. The third kappa shape index (κ3) is 2.35. The van der Waals surface area contributed by atoms with Crippen LogP contribution in [-0.2, 0) is 6.42 Å². The summed E-state index contributed by atoms with van der Waals surface area (Å²) >= 11 is 0. The zero-order valence-corrected chi connectivity index (χ0v) is 7.96. The quantitative estimate of drug-likeness (QED) is 0.773. The Kier molecular flexibility index (Phi) is 3.71. The molecule has 0 saturated carbocycles. The molecule has 0 fully saturated rings. The standard InChI is InChI=1S/C10H13FO3/c1-14-10-6-7(11)5-9(13)8(10)3-2-4-12/h5-6,12-13H,2-4H2,1H3. The molecule has 1 rings (SSSR count). The molecule has 1 aromatic rings. The normalized spacial score (nSPS) is 10.2. The molecule has 14 heavy (non-hydrogen) atoms. The van der Waals surface area contributed by atoms with Crippen molar-refractivity contribution in [2.24, 2.45) is 0 Å². The molecule has 0 aliphatic rings. The summed E-state index contributed by atoms with van der Waals surface area (Å²) in [4.78, 5) is 0. The fourth-order valence-electron chi connectivity index (χ4n) is 1.29. The van der Waals surface area contributed by atoms with Gasteiger partial charge in [-0.2, -0.15) is 0 Å². The summed E-state index contributed by atoms with van der Waals surface area (Å²) in [6, 6.07) is 2.25. The monoisotopic (exact) mass is 200 g/mol. The Hall–Kier alpha value is -1.29. The van der Waals surface area contributed by atoms with E-state index in [0.29, 0.717) is 24.2 Å². The van der Waals surface area contributed by atoms with Gasteiger partial charge in [-0.25, -0.2) is 4.39 Å². The summed E-state index contributed by atoms with van der Waals surface area (Å²) in [5.74, 6) is -0.349. The molecule has 0 radical (unpaired) electrons. The molecule has 78 valence electrons. The highest BCUT2D eigenvalue weighted by Crippen LogP contribution is 2.29. The molecule has 0 aromatic heterocycles. The van der Waals surface area contributed by atoms with Crippen LogP contribution < -0.4 is 4.74 Å². The van der Waals surface area contributed by atoms with E-state index in [9.17, 15) is 9.50 Å². The minimum absolute atomic E-state index is 0.0277. The van der Waals surface area contributed by atoms with Gasteiger partial charge in [0.1, 0.15) is 17.3 Å². The highest BCUT2D eigenvalue weighted by atomic mass is 19.1. The number of aromatic hydroxyl groups is 1. The average Bonchev–Trinajstić information content (AvgIpc) is 2.15. The molecule has 2 N–H and O–H groups in total. The summed E-state index contributed by atoms with van der Waals surface area (Å²) < 4.78 is 17.8. The summed E-state index contributed by atoms with van der Waals surface area (Å²) in [6.45, 7) is 0.0277. The van der Waals surface area contributed by atoms with Crippen LogP contribution in [0.5, 0.6) is 11.5 Å². The van der Waals surface area contributed by atoms with Crippen molar-refractivity contribution in [3.63, 3.8) is 0 Å². The first kappa shape index (κ1) is 10.8. The van der Waals surface area contributed by atoms with Crippen molar-refractivity contribution in [2.75, 3.05) is 13.7 Å². The van der Waals surface area contributed by atoms with Gasteiger partial charge >= 0.3 is 0 Å². The fraction of sp³-hybridized carbons (Fsp3) is 0.400. The molecule has 0 spiro atoms. The van der Waals surface area contributed by atoms with Crippen molar-refractivity contribution < 1.29 is 19.3 Å². The van der Waals surface area contributed by atoms with E-state index < -0.39 is 5.82 Å². The molecule has 1 aromatic carbocycles. The first-order chi connectivity index (χ1) is 6.69. The number of aliphatic hydroxyl groups excluding tert-OH is 1. The van der Waals surface area contributed by atoms with Gasteiger partial charge in [-0.3, -0.25) is 0 Å². The molecule has 0 aliphatic carbocycles. The number of halogens is 1.